The van der Waals surface area contributed by atoms with Crippen LogP contribution in [-0.4, -0.2) is 45.6 Å². The van der Waals surface area contributed by atoms with E-state index in [1.165, 1.54) is 25.7 Å². The normalized spacial score (nSPS) is 12.9. The van der Waals surface area contributed by atoms with Gasteiger partial charge in [0.05, 0.1) is 0 Å². The molecule has 0 bridgehead atoms. The second-order valence-corrected chi connectivity index (χ2v) is 13.0. The van der Waals surface area contributed by atoms with Crippen LogP contribution in [-0.2, 0) is 17.7 Å². The summed E-state index contributed by atoms with van der Waals surface area (Å²) in [5.41, 5.74) is 0. The molecule has 0 spiro atoms. The van der Waals surface area contributed by atoms with Crippen molar-refractivity contribution in [2.45, 2.75) is 70.1 Å². The zero-order valence-corrected chi connectivity index (χ0v) is 17.0. The van der Waals surface area contributed by atoms with Crippen molar-refractivity contribution in [2.24, 2.45) is 0 Å². The van der Waals surface area contributed by atoms with Gasteiger partial charge in [-0.05, 0) is 30.6 Å². The predicted molar refractivity (Wildman–Crippen MR) is 93.2 cm³/mol. The van der Waals surface area contributed by atoms with Crippen molar-refractivity contribution in [1.82, 2.24) is 0 Å². The van der Waals surface area contributed by atoms with E-state index in [4.69, 9.17) is 17.7 Å². The zero-order chi connectivity index (χ0) is 16.2. The molecule has 0 aromatic rings. The van der Waals surface area contributed by atoms with Crippen LogP contribution in [0.4, 0.5) is 0 Å². The fourth-order valence-corrected chi connectivity index (χ4v) is 8.79. The lowest BCUT2D eigenvalue weighted by molar-refractivity contribution is 0.231. The van der Waals surface area contributed by atoms with Gasteiger partial charge in [-0.1, -0.05) is 39.5 Å². The van der Waals surface area contributed by atoms with Crippen LogP contribution in [0, 0.1) is 0 Å². The minimum Gasteiger partial charge on any atom is -0.398 e. The quantitative estimate of drug-likeness (QED) is 0.439. The van der Waals surface area contributed by atoms with Gasteiger partial charge in [0, 0.05) is 28.4 Å². The minimum atomic E-state index is -2.01. The average molecular weight is 337 g/mol. The fraction of sp³-hybridized carbons (Fsp3) is 1.00. The summed E-state index contributed by atoms with van der Waals surface area (Å²) in [4.78, 5) is 0. The second-order valence-electron chi connectivity index (χ2n) is 5.70. The first-order valence-electron chi connectivity index (χ1n) is 8.28. The summed E-state index contributed by atoms with van der Waals surface area (Å²) in [6.45, 7) is 4.42. The first-order chi connectivity index (χ1) is 10.1. The van der Waals surface area contributed by atoms with Crippen LogP contribution in [0.3, 0.4) is 0 Å². The maximum absolute atomic E-state index is 5.80. The highest BCUT2D eigenvalue weighted by Crippen LogP contribution is 2.28. The van der Waals surface area contributed by atoms with Crippen LogP contribution in [0.1, 0.15) is 46.0 Å². The number of hydrogen-bond acceptors (Lipinski definition) is 4. The van der Waals surface area contributed by atoms with Crippen LogP contribution in [0.2, 0.25) is 24.2 Å². The maximum Gasteiger partial charge on any atom is 0.337 e. The highest BCUT2D eigenvalue weighted by atomic mass is 28.4. The number of unbranched alkanes of at least 4 members (excludes halogenated alkanes) is 2. The van der Waals surface area contributed by atoms with Gasteiger partial charge in [0.25, 0.3) is 0 Å². The summed E-state index contributed by atoms with van der Waals surface area (Å²) < 4.78 is 23.2. The lowest BCUT2D eigenvalue weighted by Gasteiger charge is -2.31. The summed E-state index contributed by atoms with van der Waals surface area (Å²) in [6.07, 6.45) is 5.82. The number of hydrogen-bond donors (Lipinski definition) is 0. The smallest absolute Gasteiger partial charge is 0.337 e. The lowest BCUT2D eigenvalue weighted by Crippen LogP contribution is -2.43. The molecular formula is C15H36O4Si2. The summed E-state index contributed by atoms with van der Waals surface area (Å²) in [7, 11) is 3.20. The predicted octanol–water partition coefficient (Wildman–Crippen LogP) is 4.45. The van der Waals surface area contributed by atoms with Gasteiger partial charge in [-0.15, -0.1) is 0 Å². The van der Waals surface area contributed by atoms with Gasteiger partial charge in [0.15, 0.2) is 0 Å². The van der Waals surface area contributed by atoms with Gasteiger partial charge in [-0.3, -0.25) is 0 Å². The Morgan fingerprint density at radius 3 is 1.05 bits per heavy atom. The van der Waals surface area contributed by atoms with Crippen LogP contribution in [0.15, 0.2) is 0 Å². The molecule has 0 amide bonds. The molecule has 0 heterocycles. The topological polar surface area (TPSA) is 36.9 Å². The van der Waals surface area contributed by atoms with Crippen LogP contribution in [0.5, 0.6) is 0 Å². The van der Waals surface area contributed by atoms with Crippen molar-refractivity contribution in [3.05, 3.63) is 0 Å². The SMILES string of the molecule is CCCC[Si](CCC[Si](CCCC)(OC)OC)(OC)OC. The van der Waals surface area contributed by atoms with E-state index in [2.05, 4.69) is 13.8 Å². The third-order valence-corrected chi connectivity index (χ3v) is 11.9. The molecule has 128 valence electrons. The standard InChI is InChI=1S/C15H36O4Si2/c1-7-9-12-20(16-3,17-4)14-11-15-21(18-5,19-6)13-10-8-2/h7-15H2,1-6H3. The van der Waals surface area contributed by atoms with E-state index in [1.54, 1.807) is 28.4 Å². The van der Waals surface area contributed by atoms with E-state index in [1.807, 2.05) is 0 Å². The molecule has 0 aliphatic rings. The molecule has 0 aromatic carbocycles. The second kappa shape index (κ2) is 11.8. The molecule has 0 fully saturated rings. The van der Waals surface area contributed by atoms with Crippen LogP contribution < -0.4 is 0 Å². The van der Waals surface area contributed by atoms with Gasteiger partial charge >= 0.3 is 17.1 Å². The molecule has 0 atom stereocenters. The fourth-order valence-electron chi connectivity index (χ4n) is 2.75. The highest BCUT2D eigenvalue weighted by Gasteiger charge is 2.38. The van der Waals surface area contributed by atoms with Gasteiger partial charge in [0.2, 0.25) is 0 Å². The Kier molecular flexibility index (Phi) is 11.9. The largest absolute Gasteiger partial charge is 0.398 e. The van der Waals surface area contributed by atoms with E-state index < -0.39 is 17.1 Å². The zero-order valence-electron chi connectivity index (χ0n) is 15.0. The number of rotatable bonds is 14. The molecule has 0 saturated carbocycles. The van der Waals surface area contributed by atoms with E-state index in [0.717, 1.165) is 30.6 Å². The molecule has 21 heavy (non-hydrogen) atoms. The Bertz CT molecular complexity index is 220. The van der Waals surface area contributed by atoms with Crippen molar-refractivity contribution in [1.29, 1.82) is 0 Å². The molecule has 0 unspecified atom stereocenters. The Balaban J connectivity index is 4.49. The molecule has 0 rings (SSSR count). The molecule has 0 aliphatic heterocycles. The summed E-state index contributed by atoms with van der Waals surface area (Å²) in [5, 5.41) is 0. The van der Waals surface area contributed by atoms with Crippen molar-refractivity contribution in [3.8, 4) is 0 Å². The molecule has 4 nitrogen and oxygen atoms in total. The van der Waals surface area contributed by atoms with Crippen LogP contribution >= 0.6 is 0 Å². The third-order valence-electron chi connectivity index (χ3n) is 4.43. The minimum absolute atomic E-state index is 1.04. The molecule has 0 aromatic heterocycles. The third kappa shape index (κ3) is 7.39. The summed E-state index contributed by atoms with van der Waals surface area (Å²) in [6, 6.07) is 4.24. The van der Waals surface area contributed by atoms with Crippen molar-refractivity contribution in [2.75, 3.05) is 28.4 Å². The average Bonchev–Trinajstić information content (AvgIpc) is 2.54. The van der Waals surface area contributed by atoms with Gasteiger partial charge in [-0.25, -0.2) is 0 Å². The Hall–Kier alpha value is 0.274. The van der Waals surface area contributed by atoms with Gasteiger partial charge < -0.3 is 17.7 Å². The molecule has 0 N–H and O–H groups in total. The van der Waals surface area contributed by atoms with Crippen molar-refractivity contribution >= 4 is 17.1 Å². The lowest BCUT2D eigenvalue weighted by atomic mass is 10.4. The van der Waals surface area contributed by atoms with Crippen LogP contribution in [0.25, 0.3) is 0 Å². The van der Waals surface area contributed by atoms with E-state index in [-0.39, 0.29) is 0 Å². The Labute approximate surface area is 134 Å². The Morgan fingerprint density at radius 1 is 0.524 bits per heavy atom. The van der Waals surface area contributed by atoms with Gasteiger partial charge in [0.1, 0.15) is 0 Å². The van der Waals surface area contributed by atoms with Gasteiger partial charge in [-0.2, -0.15) is 0 Å². The maximum atomic E-state index is 5.80. The van der Waals surface area contributed by atoms with E-state index in [0.29, 0.717) is 0 Å². The summed E-state index contributed by atoms with van der Waals surface area (Å²) in [5.74, 6) is 0. The first-order valence-corrected chi connectivity index (χ1v) is 12.7. The molecule has 0 aliphatic carbocycles. The Morgan fingerprint density at radius 2 is 0.810 bits per heavy atom. The highest BCUT2D eigenvalue weighted by molar-refractivity contribution is 6.69. The van der Waals surface area contributed by atoms with E-state index >= 15 is 0 Å². The molecule has 0 radical (unpaired) electrons. The van der Waals surface area contributed by atoms with E-state index in [9.17, 15) is 0 Å². The monoisotopic (exact) mass is 336 g/mol. The molecule has 0 saturated heterocycles. The summed E-state index contributed by atoms with van der Waals surface area (Å²) >= 11 is 0. The molecular weight excluding hydrogens is 300 g/mol. The first kappa shape index (κ1) is 21.3. The van der Waals surface area contributed by atoms with Crippen molar-refractivity contribution in [3.63, 3.8) is 0 Å². The molecule has 6 heteroatoms. The van der Waals surface area contributed by atoms with Crippen molar-refractivity contribution < 1.29 is 17.7 Å².